The Morgan fingerprint density at radius 3 is 2.37 bits per heavy atom. The van der Waals surface area contributed by atoms with Gasteiger partial charge in [-0.25, -0.2) is 4.39 Å². The van der Waals surface area contributed by atoms with Crippen LogP contribution in [0.3, 0.4) is 0 Å². The normalized spacial score (nSPS) is 11.9. The van der Waals surface area contributed by atoms with Crippen molar-refractivity contribution in [2.75, 3.05) is 17.3 Å². The average Bonchev–Trinajstić information content (AvgIpc) is 3.30. The number of anilines is 2. The average molecular weight is 525 g/mol. The van der Waals surface area contributed by atoms with Crippen molar-refractivity contribution in [2.24, 2.45) is 0 Å². The molecule has 38 heavy (non-hydrogen) atoms. The minimum absolute atomic E-state index is 0.0738. The van der Waals surface area contributed by atoms with E-state index < -0.39 is 35.1 Å². The van der Waals surface area contributed by atoms with Gasteiger partial charge in [0, 0.05) is 24.4 Å². The molecule has 9 nitrogen and oxygen atoms in total. The third-order valence-corrected chi connectivity index (χ3v) is 6.13. The summed E-state index contributed by atoms with van der Waals surface area (Å²) in [4.78, 5) is 41.0. The zero-order chi connectivity index (χ0) is 27.9. The zero-order valence-electron chi connectivity index (χ0n) is 22.2. The molecule has 0 aliphatic rings. The maximum absolute atomic E-state index is 15.1. The molecule has 3 rings (SSSR count). The van der Waals surface area contributed by atoms with Crippen molar-refractivity contribution in [1.82, 2.24) is 10.5 Å². The van der Waals surface area contributed by atoms with Crippen LogP contribution in [0.15, 0.2) is 59.1 Å². The minimum atomic E-state index is -1.21. The Hall–Kier alpha value is -4.21. The summed E-state index contributed by atoms with van der Waals surface area (Å²) >= 11 is 0. The van der Waals surface area contributed by atoms with Crippen LogP contribution in [0, 0.1) is 12.7 Å². The first kappa shape index (κ1) is 28.4. The number of hydrogen-bond donors (Lipinski definition) is 2. The molecule has 2 aromatic carbocycles. The van der Waals surface area contributed by atoms with Gasteiger partial charge in [0.15, 0.2) is 5.82 Å². The lowest BCUT2D eigenvalue weighted by Crippen LogP contribution is -2.50. The Balaban J connectivity index is 1.98. The number of aryl methyl sites for hydroxylation is 1. The highest BCUT2D eigenvalue weighted by Gasteiger charge is 2.36. The topological polar surface area (TPSA) is 114 Å². The largest absolute Gasteiger partial charge is 0.497 e. The molecule has 1 aromatic heterocycles. The van der Waals surface area contributed by atoms with Gasteiger partial charge in [-0.1, -0.05) is 36.3 Å². The van der Waals surface area contributed by atoms with Crippen molar-refractivity contribution in [3.05, 3.63) is 71.7 Å². The van der Waals surface area contributed by atoms with Crippen molar-refractivity contribution in [3.8, 4) is 5.75 Å². The number of aromatic nitrogens is 1. The van der Waals surface area contributed by atoms with E-state index in [1.165, 1.54) is 25.3 Å². The molecule has 3 amide bonds. The van der Waals surface area contributed by atoms with E-state index in [2.05, 4.69) is 15.8 Å². The Morgan fingerprint density at radius 1 is 1.11 bits per heavy atom. The van der Waals surface area contributed by atoms with E-state index in [1.54, 1.807) is 43.3 Å². The van der Waals surface area contributed by atoms with Gasteiger partial charge < -0.3 is 19.9 Å². The Bertz CT molecular complexity index is 1270. The summed E-state index contributed by atoms with van der Waals surface area (Å²) in [5.41, 5.74) is -0.203. The van der Waals surface area contributed by atoms with Gasteiger partial charge >= 0.3 is 0 Å². The van der Waals surface area contributed by atoms with Crippen molar-refractivity contribution in [2.45, 2.75) is 58.5 Å². The van der Waals surface area contributed by atoms with Crippen LogP contribution >= 0.6 is 0 Å². The predicted octanol–water partition coefficient (Wildman–Crippen LogP) is 4.93. The Kier molecular flexibility index (Phi) is 9.22. The summed E-state index contributed by atoms with van der Waals surface area (Å²) in [7, 11) is 1.52. The van der Waals surface area contributed by atoms with Crippen LogP contribution in [0.4, 0.5) is 15.9 Å². The highest BCUT2D eigenvalue weighted by Crippen LogP contribution is 2.32. The number of carbonyl (C=O) groups excluding carboxylic acids is 3. The number of methoxy groups -OCH3 is 1. The van der Waals surface area contributed by atoms with E-state index in [0.29, 0.717) is 23.5 Å². The first-order valence-corrected chi connectivity index (χ1v) is 12.3. The molecule has 0 aliphatic carbocycles. The molecule has 0 unspecified atom stereocenters. The molecular weight excluding hydrogens is 491 g/mol. The van der Waals surface area contributed by atoms with Crippen LogP contribution in [0.25, 0.3) is 0 Å². The van der Waals surface area contributed by atoms with Crippen molar-refractivity contribution in [1.29, 1.82) is 0 Å². The van der Waals surface area contributed by atoms with Gasteiger partial charge in [-0.15, -0.1) is 0 Å². The number of amides is 3. The van der Waals surface area contributed by atoms with E-state index >= 15 is 4.39 Å². The second kappa shape index (κ2) is 12.4. The molecule has 0 aliphatic heterocycles. The maximum atomic E-state index is 15.1. The van der Waals surface area contributed by atoms with E-state index in [-0.39, 0.29) is 24.3 Å². The van der Waals surface area contributed by atoms with Gasteiger partial charge in [-0.2, -0.15) is 0 Å². The molecular formula is C28H33FN4O5. The molecule has 1 heterocycles. The van der Waals surface area contributed by atoms with Crippen LogP contribution in [-0.2, 0) is 14.4 Å². The standard InChI is InChI=1S/C28H33FN4O5/c1-6-28(3,4)31-27(36)26(19-11-13-20(37-5)14-12-19)33(22-10-8-7-9-21(22)29)25(35)16-15-24(34)30-23-17-18(2)38-32-23/h7-14,17,26H,6,15-16H2,1-5H3,(H,31,36)(H,30,32,34)/t26-/m1/s1. The zero-order valence-corrected chi connectivity index (χ0v) is 22.2. The fourth-order valence-corrected chi connectivity index (χ4v) is 3.73. The van der Waals surface area contributed by atoms with Gasteiger partial charge in [-0.3, -0.25) is 19.3 Å². The van der Waals surface area contributed by atoms with Gasteiger partial charge in [0.1, 0.15) is 23.4 Å². The highest BCUT2D eigenvalue weighted by molar-refractivity contribution is 6.03. The SMILES string of the molecule is CCC(C)(C)NC(=O)[C@@H](c1ccc(OC)cc1)N(C(=O)CCC(=O)Nc1cc(C)on1)c1ccccc1F. The second-order valence-electron chi connectivity index (χ2n) is 9.49. The summed E-state index contributed by atoms with van der Waals surface area (Å²) < 4.78 is 25.3. The van der Waals surface area contributed by atoms with Crippen LogP contribution in [0.1, 0.15) is 57.4 Å². The van der Waals surface area contributed by atoms with E-state index in [4.69, 9.17) is 9.26 Å². The van der Waals surface area contributed by atoms with Crippen molar-refractivity contribution >= 4 is 29.2 Å². The lowest BCUT2D eigenvalue weighted by molar-refractivity contribution is -0.128. The van der Waals surface area contributed by atoms with E-state index in [1.807, 2.05) is 20.8 Å². The molecule has 0 radical (unpaired) electrons. The van der Waals surface area contributed by atoms with Crippen LogP contribution < -0.4 is 20.3 Å². The number of carbonyl (C=O) groups is 3. The summed E-state index contributed by atoms with van der Waals surface area (Å²) in [5, 5.41) is 9.24. The van der Waals surface area contributed by atoms with Gasteiger partial charge in [0.2, 0.25) is 17.7 Å². The predicted molar refractivity (Wildman–Crippen MR) is 141 cm³/mol. The number of rotatable bonds is 11. The Morgan fingerprint density at radius 2 is 1.79 bits per heavy atom. The maximum Gasteiger partial charge on any atom is 0.248 e. The Labute approximate surface area is 221 Å². The lowest BCUT2D eigenvalue weighted by atomic mass is 9.97. The van der Waals surface area contributed by atoms with Crippen LogP contribution in [0.5, 0.6) is 5.75 Å². The number of para-hydroxylation sites is 1. The molecule has 10 heteroatoms. The molecule has 0 saturated heterocycles. The fraction of sp³-hybridized carbons (Fsp3) is 0.357. The summed E-state index contributed by atoms with van der Waals surface area (Å²) in [5.74, 6) is -0.936. The summed E-state index contributed by atoms with van der Waals surface area (Å²) in [6, 6.07) is 12.7. The first-order chi connectivity index (χ1) is 18.0. The molecule has 1 atom stereocenters. The minimum Gasteiger partial charge on any atom is -0.497 e. The highest BCUT2D eigenvalue weighted by atomic mass is 19.1. The summed E-state index contributed by atoms with van der Waals surface area (Å²) in [6.07, 6.45) is 0.130. The monoisotopic (exact) mass is 524 g/mol. The lowest BCUT2D eigenvalue weighted by Gasteiger charge is -2.34. The fourth-order valence-electron chi connectivity index (χ4n) is 3.73. The van der Waals surface area contributed by atoms with Crippen LogP contribution in [0.2, 0.25) is 0 Å². The number of hydrogen-bond acceptors (Lipinski definition) is 6. The molecule has 0 spiro atoms. The summed E-state index contributed by atoms with van der Waals surface area (Å²) in [6.45, 7) is 7.34. The molecule has 0 fully saturated rings. The smallest absolute Gasteiger partial charge is 0.248 e. The molecule has 202 valence electrons. The molecule has 3 aromatic rings. The quantitative estimate of drug-likeness (QED) is 0.368. The number of nitrogens with zero attached hydrogens (tertiary/aromatic N) is 2. The van der Waals surface area contributed by atoms with Crippen molar-refractivity contribution < 1.29 is 28.0 Å². The molecule has 0 saturated carbocycles. The second-order valence-corrected chi connectivity index (χ2v) is 9.49. The number of benzene rings is 2. The first-order valence-electron chi connectivity index (χ1n) is 12.3. The number of nitrogens with one attached hydrogen (secondary N) is 2. The van der Waals surface area contributed by atoms with Crippen molar-refractivity contribution in [3.63, 3.8) is 0 Å². The number of ether oxygens (including phenoxy) is 1. The number of halogens is 1. The molecule has 2 N–H and O–H groups in total. The molecule has 0 bridgehead atoms. The van der Waals surface area contributed by atoms with Gasteiger partial charge in [0.05, 0.1) is 12.8 Å². The van der Waals surface area contributed by atoms with Gasteiger partial charge in [0.25, 0.3) is 0 Å². The van der Waals surface area contributed by atoms with Crippen LogP contribution in [-0.4, -0.2) is 35.5 Å². The van der Waals surface area contributed by atoms with E-state index in [0.717, 1.165) is 4.90 Å². The third kappa shape index (κ3) is 7.18. The van der Waals surface area contributed by atoms with Gasteiger partial charge in [-0.05, 0) is 57.0 Å². The third-order valence-electron chi connectivity index (χ3n) is 6.13. The van der Waals surface area contributed by atoms with E-state index in [9.17, 15) is 14.4 Å².